The fourth-order valence-corrected chi connectivity index (χ4v) is 2.91. The molecule has 9 heteroatoms. The Bertz CT molecular complexity index is 1030. The van der Waals surface area contributed by atoms with E-state index in [0.29, 0.717) is 10.8 Å². The molecule has 29 heavy (non-hydrogen) atoms. The Labute approximate surface area is 169 Å². The molecule has 0 saturated heterocycles. The van der Waals surface area contributed by atoms with E-state index in [-0.39, 0.29) is 11.3 Å². The molecule has 1 N–H and O–H groups in total. The van der Waals surface area contributed by atoms with Crippen molar-refractivity contribution in [2.45, 2.75) is 25.2 Å². The number of ether oxygens (including phenoxy) is 1. The summed E-state index contributed by atoms with van der Waals surface area (Å²) in [7, 11) is 0. The van der Waals surface area contributed by atoms with Gasteiger partial charge in [0.1, 0.15) is 36.3 Å². The summed E-state index contributed by atoms with van der Waals surface area (Å²) in [5.74, 6) is 5.30. The van der Waals surface area contributed by atoms with E-state index in [2.05, 4.69) is 21.9 Å². The molecule has 2 unspecified atom stereocenters. The Morgan fingerprint density at radius 2 is 1.83 bits per heavy atom. The van der Waals surface area contributed by atoms with E-state index in [1.165, 1.54) is 31.7 Å². The fraction of sp³-hybridized carbons (Fsp3) is 0.200. The van der Waals surface area contributed by atoms with Crippen LogP contribution in [0.2, 0.25) is 5.02 Å². The van der Waals surface area contributed by atoms with E-state index in [9.17, 15) is 18.3 Å². The average Bonchev–Trinajstić information content (AvgIpc) is 3.18. The number of nitrogens with zero attached hydrogens (tertiary/aromatic N) is 3. The first-order valence-electron chi connectivity index (χ1n) is 8.38. The molecule has 0 spiro atoms. The first-order valence-corrected chi connectivity index (χ1v) is 8.76. The van der Waals surface area contributed by atoms with Crippen LogP contribution in [0.1, 0.15) is 24.1 Å². The zero-order valence-electron chi connectivity index (χ0n) is 15.1. The predicted octanol–water partition coefficient (Wildman–Crippen LogP) is 4.72. The van der Waals surface area contributed by atoms with Crippen LogP contribution in [0.3, 0.4) is 0 Å². The minimum Gasteiger partial charge on any atom is -0.457 e. The van der Waals surface area contributed by atoms with E-state index in [1.807, 2.05) is 0 Å². The molecule has 1 heterocycles. The molecule has 2 aromatic carbocycles. The lowest BCUT2D eigenvalue weighted by Gasteiger charge is -2.24. The molecule has 0 aliphatic carbocycles. The summed E-state index contributed by atoms with van der Waals surface area (Å²) in [5.41, 5.74) is -1.18. The maximum absolute atomic E-state index is 13.8. The third-order valence-corrected chi connectivity index (χ3v) is 4.26. The Hall–Kier alpha value is -3.02. The van der Waals surface area contributed by atoms with Gasteiger partial charge in [-0.15, -0.1) is 5.92 Å². The number of aromatic nitrogens is 3. The summed E-state index contributed by atoms with van der Waals surface area (Å²) in [5, 5.41) is 14.7. The molecule has 0 aliphatic rings. The summed E-state index contributed by atoms with van der Waals surface area (Å²) >= 11 is 5.81. The Morgan fingerprint density at radius 1 is 1.14 bits per heavy atom. The van der Waals surface area contributed by atoms with Gasteiger partial charge in [-0.1, -0.05) is 23.6 Å². The van der Waals surface area contributed by atoms with Crippen LogP contribution in [0.15, 0.2) is 55.1 Å². The van der Waals surface area contributed by atoms with Crippen molar-refractivity contribution in [1.29, 1.82) is 0 Å². The number of benzene rings is 2. The highest BCUT2D eigenvalue weighted by Gasteiger charge is 2.38. The van der Waals surface area contributed by atoms with Crippen LogP contribution in [0.25, 0.3) is 0 Å². The van der Waals surface area contributed by atoms with Gasteiger partial charge in [-0.25, -0.2) is 9.67 Å². The van der Waals surface area contributed by atoms with Gasteiger partial charge in [-0.05, 0) is 48.9 Å². The topological polar surface area (TPSA) is 60.2 Å². The number of halogens is 4. The minimum atomic E-state index is -4.70. The highest BCUT2D eigenvalue weighted by molar-refractivity contribution is 6.30. The second kappa shape index (κ2) is 8.55. The van der Waals surface area contributed by atoms with Crippen molar-refractivity contribution in [3.05, 3.63) is 71.3 Å². The third-order valence-electron chi connectivity index (χ3n) is 4.01. The van der Waals surface area contributed by atoms with E-state index < -0.39 is 23.9 Å². The van der Waals surface area contributed by atoms with E-state index in [1.54, 1.807) is 24.3 Å². The third kappa shape index (κ3) is 4.88. The number of hydrogen-bond acceptors (Lipinski definition) is 4. The number of rotatable bonds is 5. The largest absolute Gasteiger partial charge is 0.457 e. The number of alkyl halides is 3. The lowest BCUT2D eigenvalue weighted by molar-refractivity contribution is -0.138. The maximum atomic E-state index is 13.8. The van der Waals surface area contributed by atoms with Gasteiger partial charge < -0.3 is 9.84 Å². The summed E-state index contributed by atoms with van der Waals surface area (Å²) in [4.78, 5) is 3.76. The second-order valence-corrected chi connectivity index (χ2v) is 6.40. The van der Waals surface area contributed by atoms with Crippen LogP contribution >= 0.6 is 11.6 Å². The molecule has 1 aromatic heterocycles. The lowest BCUT2D eigenvalue weighted by atomic mass is 9.95. The van der Waals surface area contributed by atoms with Gasteiger partial charge >= 0.3 is 6.18 Å². The SMILES string of the molecule is CC#CC(O)C(c1ccc(Oc2ccc(Cl)cc2)cc1C(F)(F)F)n1cncn1. The fourth-order valence-electron chi connectivity index (χ4n) is 2.79. The standard InChI is InChI=1S/C20H15ClF3N3O2/c1-2-3-18(28)19(27-12-25-11-26-27)16-9-8-15(10-17(16)20(22,23)24)29-14-6-4-13(21)5-7-14/h4-12,18-19,28H,1H3. The van der Waals surface area contributed by atoms with Gasteiger partial charge in [0.15, 0.2) is 0 Å². The van der Waals surface area contributed by atoms with Gasteiger partial charge in [-0.2, -0.15) is 18.3 Å². The summed E-state index contributed by atoms with van der Waals surface area (Å²) in [6, 6.07) is 8.51. The maximum Gasteiger partial charge on any atom is 0.416 e. The molecule has 0 bridgehead atoms. The van der Waals surface area contributed by atoms with Crippen molar-refractivity contribution >= 4 is 11.6 Å². The molecule has 150 valence electrons. The van der Waals surface area contributed by atoms with Crippen LogP contribution in [0.4, 0.5) is 13.2 Å². The smallest absolute Gasteiger partial charge is 0.416 e. The monoisotopic (exact) mass is 421 g/mol. The van der Waals surface area contributed by atoms with Crippen molar-refractivity contribution in [1.82, 2.24) is 14.8 Å². The van der Waals surface area contributed by atoms with Crippen molar-refractivity contribution in [2.24, 2.45) is 0 Å². The Balaban J connectivity index is 2.07. The first-order chi connectivity index (χ1) is 13.8. The molecular weight excluding hydrogens is 407 g/mol. The molecule has 5 nitrogen and oxygen atoms in total. The molecular formula is C20H15ClF3N3O2. The Morgan fingerprint density at radius 3 is 2.41 bits per heavy atom. The van der Waals surface area contributed by atoms with Crippen LogP contribution in [0.5, 0.6) is 11.5 Å². The quantitative estimate of drug-likeness (QED) is 0.606. The van der Waals surface area contributed by atoms with Gasteiger partial charge in [0.05, 0.1) is 5.56 Å². The molecule has 0 radical (unpaired) electrons. The molecule has 3 aromatic rings. The highest BCUT2D eigenvalue weighted by atomic mass is 35.5. The molecule has 0 fully saturated rings. The average molecular weight is 422 g/mol. The molecule has 0 aliphatic heterocycles. The zero-order valence-corrected chi connectivity index (χ0v) is 15.8. The second-order valence-electron chi connectivity index (χ2n) is 5.96. The minimum absolute atomic E-state index is 0.0168. The van der Waals surface area contributed by atoms with Gasteiger partial charge in [0, 0.05) is 5.02 Å². The summed E-state index contributed by atoms with van der Waals surface area (Å²) < 4.78 is 48.2. The zero-order chi connectivity index (χ0) is 21.0. The number of aliphatic hydroxyl groups is 1. The number of hydrogen-bond donors (Lipinski definition) is 1. The van der Waals surface area contributed by atoms with Crippen LogP contribution in [0, 0.1) is 11.8 Å². The summed E-state index contributed by atoms with van der Waals surface area (Å²) in [6.07, 6.45) is -3.73. The number of aliphatic hydroxyl groups excluding tert-OH is 1. The predicted molar refractivity (Wildman–Crippen MR) is 101 cm³/mol. The summed E-state index contributed by atoms with van der Waals surface area (Å²) in [6.45, 7) is 1.48. The molecule has 2 atom stereocenters. The van der Waals surface area contributed by atoms with Crippen molar-refractivity contribution in [3.8, 4) is 23.3 Å². The van der Waals surface area contributed by atoms with E-state index in [4.69, 9.17) is 16.3 Å². The van der Waals surface area contributed by atoms with Gasteiger partial charge in [0.25, 0.3) is 0 Å². The van der Waals surface area contributed by atoms with Crippen LogP contribution < -0.4 is 4.74 Å². The van der Waals surface area contributed by atoms with E-state index >= 15 is 0 Å². The molecule has 0 amide bonds. The van der Waals surface area contributed by atoms with Gasteiger partial charge in [0.2, 0.25) is 0 Å². The lowest BCUT2D eigenvalue weighted by Crippen LogP contribution is -2.27. The van der Waals surface area contributed by atoms with Gasteiger partial charge in [-0.3, -0.25) is 0 Å². The van der Waals surface area contributed by atoms with Crippen molar-refractivity contribution < 1.29 is 23.0 Å². The normalized spacial score (nSPS) is 13.3. The first kappa shape index (κ1) is 20.7. The highest BCUT2D eigenvalue weighted by Crippen LogP contribution is 2.39. The van der Waals surface area contributed by atoms with Crippen LogP contribution in [-0.2, 0) is 6.18 Å². The van der Waals surface area contributed by atoms with Crippen molar-refractivity contribution in [2.75, 3.05) is 0 Å². The Kier molecular flexibility index (Phi) is 6.11. The molecule has 0 saturated carbocycles. The van der Waals surface area contributed by atoms with Crippen molar-refractivity contribution in [3.63, 3.8) is 0 Å². The molecule has 3 rings (SSSR count). The van der Waals surface area contributed by atoms with E-state index in [0.717, 1.165) is 10.7 Å². The van der Waals surface area contributed by atoms with Crippen LogP contribution in [-0.4, -0.2) is 26.0 Å².